The van der Waals surface area contributed by atoms with E-state index in [1.54, 1.807) is 19.1 Å². The first kappa shape index (κ1) is 26.1. The maximum atomic E-state index is 14.6. The Labute approximate surface area is 216 Å². The zero-order chi connectivity index (χ0) is 26.9. The molecule has 0 unspecified atom stereocenters. The predicted octanol–water partition coefficient (Wildman–Crippen LogP) is 5.01. The lowest BCUT2D eigenvalue weighted by atomic mass is 10.0. The van der Waals surface area contributed by atoms with Crippen LogP contribution in [0.3, 0.4) is 0 Å². The van der Waals surface area contributed by atoms with Crippen molar-refractivity contribution in [2.24, 2.45) is 0 Å². The second-order valence-electron chi connectivity index (χ2n) is 9.34. The number of nitrogens with one attached hydrogen (secondary N) is 2. The van der Waals surface area contributed by atoms with Crippen molar-refractivity contribution in [2.75, 3.05) is 18.5 Å². The van der Waals surface area contributed by atoms with Crippen molar-refractivity contribution >= 4 is 11.7 Å². The van der Waals surface area contributed by atoms with Gasteiger partial charge >= 0.3 is 0 Å². The summed E-state index contributed by atoms with van der Waals surface area (Å²) in [4.78, 5) is 22.0. The summed E-state index contributed by atoms with van der Waals surface area (Å²) in [5, 5.41) is 6.04. The molecule has 11 heteroatoms. The van der Waals surface area contributed by atoms with E-state index in [1.807, 2.05) is 0 Å². The monoisotopic (exact) mass is 530 g/mol. The van der Waals surface area contributed by atoms with Gasteiger partial charge in [0.05, 0.1) is 42.0 Å². The Hall–Kier alpha value is -3.57. The molecule has 2 aromatic carbocycles. The minimum atomic E-state index is -2.94. The van der Waals surface area contributed by atoms with Gasteiger partial charge in [0.25, 0.3) is 6.43 Å². The number of benzene rings is 2. The third kappa shape index (κ3) is 5.48. The van der Waals surface area contributed by atoms with Crippen molar-refractivity contribution in [3.05, 3.63) is 87.9 Å². The van der Waals surface area contributed by atoms with E-state index in [0.29, 0.717) is 30.3 Å². The summed E-state index contributed by atoms with van der Waals surface area (Å²) in [6, 6.07) is 9.85. The lowest BCUT2D eigenvalue weighted by molar-refractivity contribution is -0.121. The minimum Gasteiger partial charge on any atom is -0.365 e. The van der Waals surface area contributed by atoms with Gasteiger partial charge in [-0.2, -0.15) is 0 Å². The molecule has 2 heterocycles. The van der Waals surface area contributed by atoms with Crippen molar-refractivity contribution in [2.45, 2.75) is 51.0 Å². The lowest BCUT2D eigenvalue weighted by Gasteiger charge is -2.21. The van der Waals surface area contributed by atoms with E-state index in [2.05, 4.69) is 20.6 Å². The third-order valence-corrected chi connectivity index (χ3v) is 6.64. The molecule has 1 amide bonds. The van der Waals surface area contributed by atoms with E-state index in [0.717, 1.165) is 24.5 Å². The van der Waals surface area contributed by atoms with Crippen LogP contribution in [-0.2, 0) is 32.8 Å². The van der Waals surface area contributed by atoms with Crippen molar-refractivity contribution < 1.29 is 31.8 Å². The summed E-state index contributed by atoms with van der Waals surface area (Å²) in [5.74, 6) is -1.04. The highest BCUT2D eigenvalue weighted by atomic mass is 19.3. The first-order valence-electron chi connectivity index (χ1n) is 12.2. The van der Waals surface area contributed by atoms with Gasteiger partial charge in [0.1, 0.15) is 23.3 Å². The summed E-state index contributed by atoms with van der Waals surface area (Å²) in [6.07, 6.45) is -2.46. The summed E-state index contributed by atoms with van der Waals surface area (Å²) in [5.41, 5.74) is 0.373. The van der Waals surface area contributed by atoms with E-state index in [1.165, 1.54) is 24.3 Å². The Morgan fingerprint density at radius 2 is 1.79 bits per heavy atom. The molecule has 38 heavy (non-hydrogen) atoms. The second-order valence-corrected chi connectivity index (χ2v) is 9.34. The molecular weight excluding hydrogens is 504 g/mol. The predicted molar refractivity (Wildman–Crippen MR) is 129 cm³/mol. The number of hydrogen-bond donors (Lipinski definition) is 2. The van der Waals surface area contributed by atoms with Gasteiger partial charge in [0.2, 0.25) is 5.91 Å². The van der Waals surface area contributed by atoms with Gasteiger partial charge in [-0.05, 0) is 37.5 Å². The van der Waals surface area contributed by atoms with Gasteiger partial charge in [0.15, 0.2) is 6.29 Å². The molecule has 0 radical (unpaired) electrons. The molecule has 200 valence electrons. The molecular formula is C27H26F4N4O3. The topological polar surface area (TPSA) is 85.4 Å². The van der Waals surface area contributed by atoms with E-state index < -0.39 is 29.6 Å². The number of amides is 1. The highest BCUT2D eigenvalue weighted by Crippen LogP contribution is 2.45. The summed E-state index contributed by atoms with van der Waals surface area (Å²) < 4.78 is 65.6. The Morgan fingerprint density at radius 1 is 1.08 bits per heavy atom. The quantitative estimate of drug-likeness (QED) is 0.379. The summed E-state index contributed by atoms with van der Waals surface area (Å²) in [7, 11) is 0. The van der Waals surface area contributed by atoms with Crippen LogP contribution in [0.5, 0.6) is 0 Å². The van der Waals surface area contributed by atoms with Crippen molar-refractivity contribution in [1.82, 2.24) is 15.3 Å². The fourth-order valence-electron chi connectivity index (χ4n) is 4.61. The SMILES string of the molecule is Cc1nc(CC(=O)NC2(c3ccc(F)cc3)CC2)c(C2OCCO2)c(NCc2cccc(C(F)F)c2F)n1. The number of anilines is 1. The summed E-state index contributed by atoms with van der Waals surface area (Å²) >= 11 is 0. The molecule has 2 aliphatic rings. The number of hydrogen-bond acceptors (Lipinski definition) is 6. The number of aromatic nitrogens is 2. The highest BCUT2D eigenvalue weighted by Gasteiger charge is 2.45. The normalized spacial score (nSPS) is 16.6. The van der Waals surface area contributed by atoms with E-state index in [4.69, 9.17) is 9.47 Å². The highest BCUT2D eigenvalue weighted by molar-refractivity contribution is 5.80. The Morgan fingerprint density at radius 3 is 2.45 bits per heavy atom. The van der Waals surface area contributed by atoms with Crippen molar-refractivity contribution in [1.29, 1.82) is 0 Å². The first-order valence-corrected chi connectivity index (χ1v) is 12.2. The number of carbonyl (C=O) groups is 1. The van der Waals surface area contributed by atoms with Gasteiger partial charge in [-0.25, -0.2) is 27.5 Å². The maximum Gasteiger partial charge on any atom is 0.266 e. The average molecular weight is 531 g/mol. The molecule has 2 N–H and O–H groups in total. The fraction of sp³-hybridized carbons (Fsp3) is 0.370. The minimum absolute atomic E-state index is 0.0348. The van der Waals surface area contributed by atoms with Crippen molar-refractivity contribution in [3.63, 3.8) is 0 Å². The molecule has 5 rings (SSSR count). The standard InChI is InChI=1S/C27H26F4N4O3/c1-15-33-20(13-21(36)35-27(9-10-27)17-5-7-18(28)8-6-17)22(26-37-11-12-38-26)25(34-15)32-14-16-3-2-4-19(23(16)29)24(30)31/h2-8,24,26H,9-14H2,1H3,(H,35,36)(H,32,33,34). The lowest BCUT2D eigenvalue weighted by Crippen LogP contribution is -2.36. The second kappa shape index (κ2) is 10.7. The van der Waals surface area contributed by atoms with Crippen LogP contribution in [0, 0.1) is 18.6 Å². The van der Waals surface area contributed by atoms with Gasteiger partial charge in [0, 0.05) is 12.1 Å². The molecule has 2 fully saturated rings. The molecule has 1 aliphatic carbocycles. The number of alkyl halides is 2. The van der Waals surface area contributed by atoms with Gasteiger partial charge < -0.3 is 20.1 Å². The Bertz CT molecular complexity index is 1330. The Kier molecular flexibility index (Phi) is 7.31. The summed E-state index contributed by atoms with van der Waals surface area (Å²) in [6.45, 7) is 2.15. The van der Waals surface area contributed by atoms with E-state index in [-0.39, 0.29) is 36.1 Å². The Balaban J connectivity index is 1.39. The maximum absolute atomic E-state index is 14.6. The van der Waals surface area contributed by atoms with Crippen LogP contribution in [0.1, 0.15) is 59.3 Å². The number of rotatable bonds is 9. The molecule has 0 spiro atoms. The molecule has 0 bridgehead atoms. The number of ether oxygens (including phenoxy) is 2. The molecule has 0 atom stereocenters. The van der Waals surface area contributed by atoms with Crippen LogP contribution in [0.4, 0.5) is 23.4 Å². The number of carbonyl (C=O) groups excluding carboxylic acids is 1. The van der Waals surface area contributed by atoms with Gasteiger partial charge in [-0.3, -0.25) is 4.79 Å². The van der Waals surface area contributed by atoms with Crippen LogP contribution in [-0.4, -0.2) is 29.1 Å². The average Bonchev–Trinajstić information content (AvgIpc) is 3.44. The molecule has 1 saturated carbocycles. The van der Waals surface area contributed by atoms with Crippen LogP contribution >= 0.6 is 0 Å². The van der Waals surface area contributed by atoms with Crippen LogP contribution in [0.25, 0.3) is 0 Å². The zero-order valence-corrected chi connectivity index (χ0v) is 20.6. The molecule has 1 aromatic heterocycles. The zero-order valence-electron chi connectivity index (χ0n) is 20.6. The van der Waals surface area contributed by atoms with E-state index in [9.17, 15) is 22.4 Å². The van der Waals surface area contributed by atoms with Crippen LogP contribution < -0.4 is 10.6 Å². The largest absolute Gasteiger partial charge is 0.365 e. The number of halogens is 4. The molecule has 1 aliphatic heterocycles. The van der Waals surface area contributed by atoms with Gasteiger partial charge in [-0.1, -0.05) is 30.3 Å². The van der Waals surface area contributed by atoms with E-state index >= 15 is 0 Å². The van der Waals surface area contributed by atoms with Gasteiger partial charge in [-0.15, -0.1) is 0 Å². The smallest absolute Gasteiger partial charge is 0.266 e. The molecule has 3 aromatic rings. The first-order chi connectivity index (χ1) is 18.3. The number of nitrogens with zero attached hydrogens (tertiary/aromatic N) is 2. The fourth-order valence-corrected chi connectivity index (χ4v) is 4.61. The number of aryl methyl sites for hydroxylation is 1. The molecule has 1 saturated heterocycles. The van der Waals surface area contributed by atoms with Crippen LogP contribution in [0.2, 0.25) is 0 Å². The molecule has 7 nitrogen and oxygen atoms in total. The van der Waals surface area contributed by atoms with Crippen LogP contribution in [0.15, 0.2) is 42.5 Å². The van der Waals surface area contributed by atoms with Crippen molar-refractivity contribution in [3.8, 4) is 0 Å². The third-order valence-electron chi connectivity index (χ3n) is 6.64.